The fourth-order valence-corrected chi connectivity index (χ4v) is 1.34. The topological polar surface area (TPSA) is 104 Å². The number of H-pyrrole nitrogens is 2. The standard InChI is InChI=1S/C9H12N6O/c1-15(4-8-12-5-13-14-8)9(16)7-2-6(10)3-11-7/h2-3,5,11H,4,10H2,1H3,(H,12,13,14). The number of nitrogens with one attached hydrogen (secondary N) is 2. The minimum absolute atomic E-state index is 0.145. The Morgan fingerprint density at radius 3 is 3.00 bits per heavy atom. The summed E-state index contributed by atoms with van der Waals surface area (Å²) in [6.45, 7) is 0.373. The third-order valence-electron chi connectivity index (χ3n) is 2.13. The Hall–Kier alpha value is -2.31. The lowest BCUT2D eigenvalue weighted by atomic mass is 10.3. The zero-order valence-corrected chi connectivity index (χ0v) is 8.77. The van der Waals surface area contributed by atoms with Crippen LogP contribution in [-0.4, -0.2) is 38.0 Å². The molecule has 0 aromatic carbocycles. The molecule has 4 N–H and O–H groups in total. The van der Waals surface area contributed by atoms with Crippen molar-refractivity contribution in [1.29, 1.82) is 0 Å². The van der Waals surface area contributed by atoms with Gasteiger partial charge in [-0.25, -0.2) is 4.98 Å². The van der Waals surface area contributed by atoms with Crippen LogP contribution >= 0.6 is 0 Å². The van der Waals surface area contributed by atoms with Crippen molar-refractivity contribution in [2.45, 2.75) is 6.54 Å². The normalized spacial score (nSPS) is 10.3. The van der Waals surface area contributed by atoms with Gasteiger partial charge in [0.25, 0.3) is 5.91 Å². The van der Waals surface area contributed by atoms with Crippen molar-refractivity contribution < 1.29 is 4.79 Å². The second-order valence-corrected chi connectivity index (χ2v) is 3.44. The van der Waals surface area contributed by atoms with E-state index in [9.17, 15) is 4.79 Å². The summed E-state index contributed by atoms with van der Waals surface area (Å²) in [4.78, 5) is 20.1. The predicted octanol–water partition coefficient (Wildman–Crippen LogP) is -0.0128. The number of aromatic amines is 2. The first-order valence-corrected chi connectivity index (χ1v) is 4.70. The largest absolute Gasteiger partial charge is 0.397 e. The molecule has 0 spiro atoms. The molecule has 0 fully saturated rings. The Balaban J connectivity index is 2.05. The molecule has 84 valence electrons. The number of anilines is 1. The van der Waals surface area contributed by atoms with E-state index < -0.39 is 0 Å². The van der Waals surface area contributed by atoms with Gasteiger partial charge in [-0.15, -0.1) is 0 Å². The maximum absolute atomic E-state index is 11.9. The van der Waals surface area contributed by atoms with Gasteiger partial charge in [-0.3, -0.25) is 9.89 Å². The zero-order valence-electron chi connectivity index (χ0n) is 8.77. The first kappa shape index (κ1) is 10.2. The molecule has 2 heterocycles. The lowest BCUT2D eigenvalue weighted by molar-refractivity contribution is 0.0776. The Morgan fingerprint density at radius 2 is 2.44 bits per heavy atom. The molecule has 1 amide bonds. The van der Waals surface area contributed by atoms with E-state index in [0.29, 0.717) is 23.8 Å². The minimum Gasteiger partial charge on any atom is -0.397 e. The van der Waals surface area contributed by atoms with Gasteiger partial charge in [0.1, 0.15) is 17.8 Å². The van der Waals surface area contributed by atoms with E-state index in [4.69, 9.17) is 5.73 Å². The first-order valence-electron chi connectivity index (χ1n) is 4.70. The van der Waals surface area contributed by atoms with Gasteiger partial charge in [-0.2, -0.15) is 5.10 Å². The first-order chi connectivity index (χ1) is 7.66. The summed E-state index contributed by atoms with van der Waals surface area (Å²) in [5.41, 5.74) is 6.52. The average molecular weight is 220 g/mol. The van der Waals surface area contributed by atoms with Gasteiger partial charge in [-0.1, -0.05) is 0 Å². The molecule has 0 saturated carbocycles. The number of rotatable bonds is 3. The Labute approximate surface area is 91.7 Å². The molecule has 7 heteroatoms. The third-order valence-corrected chi connectivity index (χ3v) is 2.13. The second-order valence-electron chi connectivity index (χ2n) is 3.44. The van der Waals surface area contributed by atoms with Crippen LogP contribution in [0.25, 0.3) is 0 Å². The SMILES string of the molecule is CN(Cc1ncn[nH]1)C(=O)c1cc(N)c[nH]1. The van der Waals surface area contributed by atoms with E-state index in [1.54, 1.807) is 19.3 Å². The molecule has 2 rings (SSSR count). The van der Waals surface area contributed by atoms with E-state index in [1.165, 1.54) is 11.2 Å². The minimum atomic E-state index is -0.145. The van der Waals surface area contributed by atoms with Gasteiger partial charge < -0.3 is 15.6 Å². The monoisotopic (exact) mass is 220 g/mol. The Bertz CT molecular complexity index is 474. The van der Waals surface area contributed by atoms with Gasteiger partial charge in [0.2, 0.25) is 0 Å². The van der Waals surface area contributed by atoms with Crippen LogP contribution in [0.1, 0.15) is 16.3 Å². The van der Waals surface area contributed by atoms with Crippen LogP contribution in [0, 0.1) is 0 Å². The number of nitrogens with zero attached hydrogens (tertiary/aromatic N) is 3. The molecule has 0 atom stereocenters. The van der Waals surface area contributed by atoms with Gasteiger partial charge in [0.05, 0.1) is 6.54 Å². The maximum Gasteiger partial charge on any atom is 0.270 e. The van der Waals surface area contributed by atoms with Crippen molar-refractivity contribution >= 4 is 11.6 Å². The molecule has 16 heavy (non-hydrogen) atoms. The highest BCUT2D eigenvalue weighted by Crippen LogP contribution is 2.08. The summed E-state index contributed by atoms with van der Waals surface area (Å²) < 4.78 is 0. The molecule has 0 unspecified atom stereocenters. The van der Waals surface area contributed by atoms with Crippen LogP contribution in [0.5, 0.6) is 0 Å². The van der Waals surface area contributed by atoms with Crippen molar-refractivity contribution in [2.24, 2.45) is 0 Å². The highest BCUT2D eigenvalue weighted by atomic mass is 16.2. The second kappa shape index (κ2) is 4.05. The van der Waals surface area contributed by atoms with Crippen LogP contribution in [0.4, 0.5) is 5.69 Å². The lowest BCUT2D eigenvalue weighted by Gasteiger charge is -2.14. The van der Waals surface area contributed by atoms with E-state index >= 15 is 0 Å². The quantitative estimate of drug-likeness (QED) is 0.676. The molecular weight excluding hydrogens is 208 g/mol. The van der Waals surface area contributed by atoms with E-state index in [1.807, 2.05) is 0 Å². The molecule has 7 nitrogen and oxygen atoms in total. The maximum atomic E-state index is 11.9. The van der Waals surface area contributed by atoms with Crippen LogP contribution < -0.4 is 5.73 Å². The summed E-state index contributed by atoms with van der Waals surface area (Å²) in [5.74, 6) is 0.489. The van der Waals surface area contributed by atoms with E-state index in [2.05, 4.69) is 20.2 Å². The van der Waals surface area contributed by atoms with Crippen molar-refractivity contribution in [2.75, 3.05) is 12.8 Å². The molecule has 0 bridgehead atoms. The fourth-order valence-electron chi connectivity index (χ4n) is 1.34. The van der Waals surface area contributed by atoms with Gasteiger partial charge >= 0.3 is 0 Å². The molecule has 0 saturated heterocycles. The van der Waals surface area contributed by atoms with Crippen molar-refractivity contribution in [3.05, 3.63) is 30.1 Å². The van der Waals surface area contributed by atoms with Gasteiger partial charge in [-0.05, 0) is 6.07 Å². The lowest BCUT2D eigenvalue weighted by Crippen LogP contribution is -2.27. The third kappa shape index (κ3) is 2.02. The predicted molar refractivity (Wildman–Crippen MR) is 57.4 cm³/mol. The number of nitrogens with two attached hydrogens (primary N) is 1. The summed E-state index contributed by atoms with van der Waals surface area (Å²) >= 11 is 0. The number of carbonyl (C=O) groups excluding carboxylic acids is 1. The number of nitrogen functional groups attached to an aromatic ring is 1. The summed E-state index contributed by atoms with van der Waals surface area (Å²) in [6, 6.07) is 1.60. The highest BCUT2D eigenvalue weighted by Gasteiger charge is 2.14. The molecule has 0 aliphatic carbocycles. The summed E-state index contributed by atoms with van der Waals surface area (Å²) in [6.07, 6.45) is 2.98. The van der Waals surface area contributed by atoms with E-state index in [0.717, 1.165) is 0 Å². The van der Waals surface area contributed by atoms with Crippen molar-refractivity contribution in [3.8, 4) is 0 Å². The van der Waals surface area contributed by atoms with Gasteiger partial charge in [0.15, 0.2) is 0 Å². The van der Waals surface area contributed by atoms with Crippen LogP contribution in [0.15, 0.2) is 18.6 Å². The van der Waals surface area contributed by atoms with Gasteiger partial charge in [0, 0.05) is 18.9 Å². The molecule has 0 aliphatic heterocycles. The molecule has 2 aromatic heterocycles. The smallest absolute Gasteiger partial charge is 0.270 e. The number of hydrogen-bond acceptors (Lipinski definition) is 4. The molecule has 0 radical (unpaired) electrons. The fraction of sp³-hybridized carbons (Fsp3) is 0.222. The number of hydrogen-bond donors (Lipinski definition) is 3. The number of aromatic nitrogens is 4. The van der Waals surface area contributed by atoms with Crippen LogP contribution in [0.3, 0.4) is 0 Å². The Morgan fingerprint density at radius 1 is 1.62 bits per heavy atom. The zero-order chi connectivity index (χ0) is 11.5. The summed E-state index contributed by atoms with van der Waals surface area (Å²) in [5, 5.41) is 6.40. The van der Waals surface area contributed by atoms with Crippen LogP contribution in [-0.2, 0) is 6.54 Å². The number of amides is 1. The summed E-state index contributed by atoms with van der Waals surface area (Å²) in [7, 11) is 1.68. The molecular formula is C9H12N6O. The van der Waals surface area contributed by atoms with Crippen molar-refractivity contribution in [3.63, 3.8) is 0 Å². The highest BCUT2D eigenvalue weighted by molar-refractivity contribution is 5.93. The average Bonchev–Trinajstić information content (AvgIpc) is 2.88. The Kier molecular flexibility index (Phi) is 2.59. The molecule has 0 aliphatic rings. The number of carbonyl (C=O) groups is 1. The molecule has 2 aromatic rings. The van der Waals surface area contributed by atoms with E-state index in [-0.39, 0.29) is 5.91 Å². The van der Waals surface area contributed by atoms with Crippen molar-refractivity contribution in [1.82, 2.24) is 25.1 Å². The van der Waals surface area contributed by atoms with Crippen LogP contribution in [0.2, 0.25) is 0 Å².